The Balaban J connectivity index is 3.89. The van der Waals surface area contributed by atoms with Gasteiger partial charge in [0.1, 0.15) is 6.10 Å². The average molecular weight is 625 g/mol. The van der Waals surface area contributed by atoms with Crippen molar-refractivity contribution in [1.82, 2.24) is 0 Å². The van der Waals surface area contributed by atoms with Crippen LogP contribution in [-0.2, 0) is 14.3 Å². The van der Waals surface area contributed by atoms with Gasteiger partial charge in [0.25, 0.3) is 0 Å². The molecule has 0 aromatic heterocycles. The maximum absolute atomic E-state index is 12.4. The summed E-state index contributed by atoms with van der Waals surface area (Å²) in [5.74, 6) is -1.01. The van der Waals surface area contributed by atoms with Crippen molar-refractivity contribution < 1.29 is 19.4 Å². The molecule has 0 spiro atoms. The molecule has 0 rings (SSSR count). The summed E-state index contributed by atoms with van der Waals surface area (Å²) in [4.78, 5) is 23.5. The second-order valence-electron chi connectivity index (χ2n) is 12.0. The number of carbonyl (C=O) groups is 2. The third-order valence-corrected chi connectivity index (χ3v) is 7.71. The minimum absolute atomic E-state index is 0.0542. The molecule has 0 radical (unpaired) electrons. The maximum Gasteiger partial charge on any atom is 0.306 e. The fraction of sp³-hybridized carbons (Fsp3) is 0.659. The van der Waals surface area contributed by atoms with E-state index in [4.69, 9.17) is 9.84 Å². The van der Waals surface area contributed by atoms with E-state index in [1.54, 1.807) is 0 Å². The number of esters is 1. The van der Waals surface area contributed by atoms with Gasteiger partial charge >= 0.3 is 11.9 Å². The number of aliphatic carboxylic acids is 1. The van der Waals surface area contributed by atoms with Crippen LogP contribution < -0.4 is 0 Å². The van der Waals surface area contributed by atoms with Crippen LogP contribution in [0.5, 0.6) is 0 Å². The van der Waals surface area contributed by atoms with Crippen LogP contribution in [0.1, 0.15) is 168 Å². The molecule has 4 nitrogen and oxygen atoms in total. The van der Waals surface area contributed by atoms with Crippen LogP contribution in [0.25, 0.3) is 0 Å². The van der Waals surface area contributed by atoms with Gasteiger partial charge in [-0.05, 0) is 77.0 Å². The first-order valence-corrected chi connectivity index (χ1v) is 18.4. The van der Waals surface area contributed by atoms with Crippen LogP contribution >= 0.6 is 0 Å². The molecule has 0 aliphatic heterocycles. The van der Waals surface area contributed by atoms with Gasteiger partial charge in [-0.1, -0.05) is 151 Å². The molecule has 0 fully saturated rings. The quantitative estimate of drug-likeness (QED) is 0.0459. The first-order valence-electron chi connectivity index (χ1n) is 18.4. The van der Waals surface area contributed by atoms with E-state index in [1.807, 2.05) is 0 Å². The zero-order valence-corrected chi connectivity index (χ0v) is 29.1. The van der Waals surface area contributed by atoms with Gasteiger partial charge in [0.05, 0.1) is 0 Å². The van der Waals surface area contributed by atoms with Gasteiger partial charge in [0.2, 0.25) is 0 Å². The highest BCUT2D eigenvalue weighted by Gasteiger charge is 2.15. The van der Waals surface area contributed by atoms with Gasteiger partial charge in [-0.25, -0.2) is 0 Å². The van der Waals surface area contributed by atoms with Crippen molar-refractivity contribution in [3.05, 3.63) is 72.9 Å². The maximum atomic E-state index is 12.4. The topological polar surface area (TPSA) is 63.6 Å². The summed E-state index contributed by atoms with van der Waals surface area (Å²) in [7, 11) is 0. The Morgan fingerprint density at radius 3 is 1.42 bits per heavy atom. The predicted molar refractivity (Wildman–Crippen MR) is 195 cm³/mol. The van der Waals surface area contributed by atoms with Gasteiger partial charge < -0.3 is 9.84 Å². The number of ether oxygens (including phenoxy) is 1. The van der Waals surface area contributed by atoms with Gasteiger partial charge in [0.15, 0.2) is 0 Å². The Morgan fingerprint density at radius 2 is 0.956 bits per heavy atom. The Bertz CT molecular complexity index is 846. The van der Waals surface area contributed by atoms with Crippen molar-refractivity contribution >= 4 is 11.9 Å². The molecule has 1 N–H and O–H groups in total. The molecule has 4 heteroatoms. The first kappa shape index (κ1) is 42.4. The standard InChI is InChI=1S/C41H68O4/c1-3-5-7-9-11-13-15-16-17-18-19-20-21-22-23-24-26-28-30-32-34-36-41(44)45-39(37-38-40(42)43)35-33-31-29-27-25-14-12-10-8-6-4-2/h5,7,11,13,16-17,19-20,22-23,26,28,39H,3-4,6,8-10,12,14-15,18,21,24-25,27,29-38H2,1-2H3,(H,42,43)/b7-5-,13-11-,17-16-,20-19-,23-22-,28-26-. The molecule has 0 bridgehead atoms. The summed E-state index contributed by atoms with van der Waals surface area (Å²) in [6.45, 7) is 4.41. The summed E-state index contributed by atoms with van der Waals surface area (Å²) in [6, 6.07) is 0. The van der Waals surface area contributed by atoms with Crippen LogP contribution in [0.15, 0.2) is 72.9 Å². The largest absolute Gasteiger partial charge is 0.481 e. The zero-order chi connectivity index (χ0) is 32.9. The van der Waals surface area contributed by atoms with Crippen LogP contribution in [0.4, 0.5) is 0 Å². The number of rotatable bonds is 32. The van der Waals surface area contributed by atoms with Crippen LogP contribution in [-0.4, -0.2) is 23.1 Å². The van der Waals surface area contributed by atoms with Crippen molar-refractivity contribution in [2.45, 2.75) is 174 Å². The highest BCUT2D eigenvalue weighted by molar-refractivity contribution is 5.69. The molecule has 0 saturated heterocycles. The van der Waals surface area contributed by atoms with E-state index in [-0.39, 0.29) is 18.5 Å². The van der Waals surface area contributed by atoms with E-state index in [0.29, 0.717) is 12.8 Å². The molecule has 0 aromatic rings. The fourth-order valence-corrected chi connectivity index (χ4v) is 5.00. The van der Waals surface area contributed by atoms with Gasteiger partial charge in [0, 0.05) is 12.8 Å². The molecule has 0 aromatic carbocycles. The number of hydrogen-bond donors (Lipinski definition) is 1. The Labute approximate surface area is 277 Å². The van der Waals surface area contributed by atoms with Crippen molar-refractivity contribution in [3.63, 3.8) is 0 Å². The number of carboxylic acids is 1. The lowest BCUT2D eigenvalue weighted by molar-refractivity contribution is -0.151. The fourth-order valence-electron chi connectivity index (χ4n) is 5.00. The summed E-state index contributed by atoms with van der Waals surface area (Å²) in [6.07, 6.45) is 50.5. The van der Waals surface area contributed by atoms with Crippen LogP contribution in [0.3, 0.4) is 0 Å². The number of unbranched alkanes of at least 4 members (excludes halogenated alkanes) is 12. The van der Waals surface area contributed by atoms with Gasteiger partial charge in [-0.2, -0.15) is 0 Å². The van der Waals surface area contributed by atoms with E-state index in [0.717, 1.165) is 77.0 Å². The highest BCUT2D eigenvalue weighted by Crippen LogP contribution is 2.17. The first-order chi connectivity index (χ1) is 22.1. The zero-order valence-electron chi connectivity index (χ0n) is 29.1. The second kappa shape index (κ2) is 35.9. The van der Waals surface area contributed by atoms with E-state index >= 15 is 0 Å². The van der Waals surface area contributed by atoms with Crippen LogP contribution in [0.2, 0.25) is 0 Å². The molecular formula is C41H68O4. The van der Waals surface area contributed by atoms with Crippen molar-refractivity contribution in [2.24, 2.45) is 0 Å². The highest BCUT2D eigenvalue weighted by atomic mass is 16.5. The Kier molecular flexibility index (Phi) is 33.8. The molecule has 0 heterocycles. The number of carboxylic acid groups (broad SMARTS) is 1. The SMILES string of the molecule is CC/C=C\C/C=C\C/C=C\C/C=C\C/C=C\C/C=C\CCCCC(=O)OC(CCCCCCCCCCCCC)CCC(=O)O. The molecule has 0 amide bonds. The molecular weight excluding hydrogens is 556 g/mol. The summed E-state index contributed by atoms with van der Waals surface area (Å²) < 4.78 is 5.69. The lowest BCUT2D eigenvalue weighted by Gasteiger charge is -2.17. The van der Waals surface area contributed by atoms with Crippen molar-refractivity contribution in [1.29, 1.82) is 0 Å². The average Bonchev–Trinajstić information content (AvgIpc) is 3.03. The van der Waals surface area contributed by atoms with E-state index in [2.05, 4.69) is 86.8 Å². The predicted octanol–water partition coefficient (Wildman–Crippen LogP) is 12.7. The molecule has 45 heavy (non-hydrogen) atoms. The van der Waals surface area contributed by atoms with Crippen LogP contribution in [0, 0.1) is 0 Å². The van der Waals surface area contributed by atoms with E-state index in [9.17, 15) is 9.59 Å². The third kappa shape index (κ3) is 35.7. The Hall–Kier alpha value is -2.62. The summed E-state index contributed by atoms with van der Waals surface area (Å²) >= 11 is 0. The molecule has 256 valence electrons. The molecule has 0 aliphatic carbocycles. The smallest absolute Gasteiger partial charge is 0.306 e. The Morgan fingerprint density at radius 1 is 0.511 bits per heavy atom. The summed E-state index contributed by atoms with van der Waals surface area (Å²) in [5.41, 5.74) is 0. The lowest BCUT2D eigenvalue weighted by Crippen LogP contribution is -2.19. The van der Waals surface area contributed by atoms with E-state index < -0.39 is 5.97 Å². The minimum Gasteiger partial charge on any atom is -0.481 e. The van der Waals surface area contributed by atoms with Gasteiger partial charge in [-0.15, -0.1) is 0 Å². The molecule has 0 saturated carbocycles. The lowest BCUT2D eigenvalue weighted by atomic mass is 10.0. The third-order valence-electron chi connectivity index (χ3n) is 7.71. The van der Waals surface area contributed by atoms with Gasteiger partial charge in [-0.3, -0.25) is 9.59 Å². The monoisotopic (exact) mass is 625 g/mol. The van der Waals surface area contributed by atoms with Crippen molar-refractivity contribution in [3.8, 4) is 0 Å². The normalized spacial score (nSPS) is 13.1. The number of allylic oxidation sites excluding steroid dienone is 12. The molecule has 1 atom stereocenters. The van der Waals surface area contributed by atoms with E-state index in [1.165, 1.54) is 57.8 Å². The number of carbonyl (C=O) groups excluding carboxylic acids is 1. The molecule has 1 unspecified atom stereocenters. The van der Waals surface area contributed by atoms with Crippen molar-refractivity contribution in [2.75, 3.05) is 0 Å². The second-order valence-corrected chi connectivity index (χ2v) is 12.0. The summed E-state index contributed by atoms with van der Waals surface area (Å²) in [5, 5.41) is 9.09. The number of hydrogen-bond acceptors (Lipinski definition) is 3. The molecule has 0 aliphatic rings. The minimum atomic E-state index is -0.827.